The van der Waals surface area contributed by atoms with Crippen LogP contribution in [0, 0.1) is 0 Å². The second-order valence-corrected chi connectivity index (χ2v) is 6.12. The smallest absolute Gasteiger partial charge is 0.412 e. The number of fused-ring (bicyclic) bond motifs is 1. The van der Waals surface area contributed by atoms with E-state index in [1.165, 1.54) is 0 Å². The molecule has 1 aliphatic rings. The van der Waals surface area contributed by atoms with E-state index in [1.54, 1.807) is 20.1 Å². The number of nitrogen functional groups attached to an aromatic ring is 1. The molecule has 1 aliphatic heterocycles. The van der Waals surface area contributed by atoms with Crippen molar-refractivity contribution in [2.45, 2.75) is 13.5 Å². The summed E-state index contributed by atoms with van der Waals surface area (Å²) in [6.45, 7) is 3.91. The van der Waals surface area contributed by atoms with E-state index in [1.807, 2.05) is 24.3 Å². The van der Waals surface area contributed by atoms with E-state index >= 15 is 0 Å². The maximum absolute atomic E-state index is 11.5. The quantitative estimate of drug-likeness (QED) is 0.578. The zero-order valence-corrected chi connectivity index (χ0v) is 15.9. The number of rotatable bonds is 7. The summed E-state index contributed by atoms with van der Waals surface area (Å²) in [6, 6.07) is 9.58. The average molecular weight is 384 g/mol. The highest BCUT2D eigenvalue weighted by Crippen LogP contribution is 2.34. The molecule has 2 heterocycles. The zero-order chi connectivity index (χ0) is 19.9. The van der Waals surface area contributed by atoms with Gasteiger partial charge in [0.25, 0.3) is 0 Å². The summed E-state index contributed by atoms with van der Waals surface area (Å²) in [5.41, 5.74) is 9.38. The van der Waals surface area contributed by atoms with Crippen LogP contribution in [0.25, 0.3) is 0 Å². The summed E-state index contributed by atoms with van der Waals surface area (Å²) < 4.78 is 10.0. The maximum atomic E-state index is 11.5. The highest BCUT2D eigenvalue weighted by molar-refractivity contribution is 5.99. The Labute approximate surface area is 163 Å². The second kappa shape index (κ2) is 9.05. The predicted molar refractivity (Wildman–Crippen MR) is 110 cm³/mol. The van der Waals surface area contributed by atoms with Crippen LogP contribution in [0.15, 0.2) is 35.3 Å². The molecule has 1 aromatic heterocycles. The number of aliphatic imine (C=N–C) groups is 1. The van der Waals surface area contributed by atoms with Crippen LogP contribution in [0.1, 0.15) is 12.5 Å². The van der Waals surface area contributed by atoms with Crippen LogP contribution >= 0.6 is 0 Å². The van der Waals surface area contributed by atoms with Crippen molar-refractivity contribution in [1.29, 1.82) is 0 Å². The van der Waals surface area contributed by atoms with E-state index in [0.29, 0.717) is 31.1 Å². The Kier molecular flexibility index (Phi) is 6.28. The summed E-state index contributed by atoms with van der Waals surface area (Å²) in [7, 11) is 1.65. The lowest BCUT2D eigenvalue weighted by molar-refractivity contribution is 0.168. The first-order valence-corrected chi connectivity index (χ1v) is 8.97. The van der Waals surface area contributed by atoms with Crippen LogP contribution < -0.4 is 26.4 Å². The number of hydrogen-bond acceptors (Lipinski definition) is 8. The molecule has 2 aromatic rings. The highest BCUT2D eigenvalue weighted by atomic mass is 16.5. The largest absolute Gasteiger partial charge is 0.497 e. The highest BCUT2D eigenvalue weighted by Gasteiger charge is 2.17. The minimum atomic E-state index is -0.572. The number of benzene rings is 1. The van der Waals surface area contributed by atoms with Gasteiger partial charge < -0.3 is 25.8 Å². The third kappa shape index (κ3) is 4.89. The van der Waals surface area contributed by atoms with Gasteiger partial charge in [0.05, 0.1) is 31.7 Å². The first-order chi connectivity index (χ1) is 13.6. The van der Waals surface area contributed by atoms with Gasteiger partial charge in [-0.05, 0) is 24.6 Å². The predicted octanol–water partition coefficient (Wildman–Crippen LogP) is 2.53. The number of ether oxygens (including phenoxy) is 2. The van der Waals surface area contributed by atoms with Gasteiger partial charge in [-0.1, -0.05) is 12.1 Å². The number of nitrogens with two attached hydrogens (primary N) is 1. The molecule has 0 atom stereocenters. The number of aromatic nitrogens is 1. The molecule has 0 radical (unpaired) electrons. The van der Waals surface area contributed by atoms with Gasteiger partial charge >= 0.3 is 6.09 Å². The Morgan fingerprint density at radius 1 is 1.29 bits per heavy atom. The normalized spacial score (nSPS) is 12.4. The van der Waals surface area contributed by atoms with Crippen molar-refractivity contribution in [3.05, 3.63) is 35.9 Å². The number of nitrogens with one attached hydrogen (secondary N) is 3. The van der Waals surface area contributed by atoms with Crippen LogP contribution in [0.3, 0.4) is 0 Å². The Bertz CT molecular complexity index is 867. The molecule has 1 aromatic carbocycles. The number of methoxy groups -OCH3 is 1. The fourth-order valence-corrected chi connectivity index (χ4v) is 2.74. The van der Waals surface area contributed by atoms with Gasteiger partial charge in [-0.25, -0.2) is 14.8 Å². The average Bonchev–Trinajstić information content (AvgIpc) is 2.69. The molecular weight excluding hydrogens is 360 g/mol. The molecule has 9 heteroatoms. The molecule has 0 spiro atoms. The number of nitrogens with zero attached hydrogens (tertiary/aromatic N) is 2. The van der Waals surface area contributed by atoms with Gasteiger partial charge in [-0.15, -0.1) is 0 Å². The third-order valence-corrected chi connectivity index (χ3v) is 4.10. The Balaban J connectivity index is 1.61. The van der Waals surface area contributed by atoms with Crippen molar-refractivity contribution in [2.75, 3.05) is 43.2 Å². The van der Waals surface area contributed by atoms with Crippen LogP contribution in [0.4, 0.5) is 27.8 Å². The summed E-state index contributed by atoms with van der Waals surface area (Å²) >= 11 is 0. The van der Waals surface area contributed by atoms with Crippen molar-refractivity contribution >= 4 is 34.8 Å². The van der Waals surface area contributed by atoms with Crippen molar-refractivity contribution in [2.24, 2.45) is 4.99 Å². The number of anilines is 3. The molecular formula is C19H24N6O3. The van der Waals surface area contributed by atoms with Crippen molar-refractivity contribution in [1.82, 2.24) is 10.3 Å². The lowest BCUT2D eigenvalue weighted by Crippen LogP contribution is -2.29. The first kappa shape index (κ1) is 19.4. The lowest BCUT2D eigenvalue weighted by Gasteiger charge is -2.20. The minimum Gasteiger partial charge on any atom is -0.497 e. The van der Waals surface area contributed by atoms with Gasteiger partial charge in [0.15, 0.2) is 5.82 Å². The molecule has 0 unspecified atom stereocenters. The Morgan fingerprint density at radius 2 is 2.07 bits per heavy atom. The van der Waals surface area contributed by atoms with Crippen LogP contribution in [0.5, 0.6) is 5.75 Å². The zero-order valence-electron chi connectivity index (χ0n) is 15.9. The fraction of sp³-hybridized carbons (Fsp3) is 0.316. The molecule has 148 valence electrons. The molecule has 3 rings (SSSR count). The molecule has 1 amide bonds. The van der Waals surface area contributed by atoms with E-state index in [-0.39, 0.29) is 12.4 Å². The second-order valence-electron chi connectivity index (χ2n) is 6.12. The van der Waals surface area contributed by atoms with E-state index in [0.717, 1.165) is 22.7 Å². The lowest BCUT2D eigenvalue weighted by atomic mass is 10.2. The molecule has 0 aliphatic carbocycles. The van der Waals surface area contributed by atoms with Crippen LogP contribution in [-0.2, 0) is 11.3 Å². The van der Waals surface area contributed by atoms with E-state index in [4.69, 9.17) is 15.2 Å². The molecule has 9 nitrogen and oxygen atoms in total. The van der Waals surface area contributed by atoms with Crippen molar-refractivity contribution in [3.63, 3.8) is 0 Å². The van der Waals surface area contributed by atoms with Gasteiger partial charge in [0, 0.05) is 19.2 Å². The van der Waals surface area contributed by atoms with Gasteiger partial charge in [0.1, 0.15) is 17.3 Å². The van der Waals surface area contributed by atoms with Crippen molar-refractivity contribution in [3.8, 4) is 5.75 Å². The number of pyridine rings is 1. The van der Waals surface area contributed by atoms with Crippen molar-refractivity contribution < 1.29 is 14.3 Å². The van der Waals surface area contributed by atoms with E-state index in [9.17, 15) is 4.79 Å². The fourth-order valence-electron chi connectivity index (χ4n) is 2.74. The van der Waals surface area contributed by atoms with E-state index < -0.39 is 6.09 Å². The topological polar surface area (TPSA) is 123 Å². The number of carbonyl (C=O) groups is 1. The summed E-state index contributed by atoms with van der Waals surface area (Å²) in [5, 5.41) is 9.17. The summed E-state index contributed by atoms with van der Waals surface area (Å²) in [6.07, 6.45) is -0.572. The Hall–Kier alpha value is -3.33. The molecule has 0 bridgehead atoms. The molecule has 0 saturated carbocycles. The maximum Gasteiger partial charge on any atom is 0.412 e. The molecule has 0 fully saturated rings. The van der Waals surface area contributed by atoms with Gasteiger partial charge in [-0.3, -0.25) is 5.32 Å². The van der Waals surface area contributed by atoms with Gasteiger partial charge in [0.2, 0.25) is 0 Å². The number of carbonyl (C=O) groups excluding carboxylic acids is 1. The Morgan fingerprint density at radius 3 is 2.79 bits per heavy atom. The van der Waals surface area contributed by atoms with Crippen LogP contribution in [-0.4, -0.2) is 43.6 Å². The number of amides is 1. The third-order valence-electron chi connectivity index (χ3n) is 4.10. The molecule has 0 saturated heterocycles. The number of hydrogen-bond donors (Lipinski definition) is 4. The standard InChI is InChI=1S/C19H24N6O3/c1-3-28-19(26)25-16-8-15-17(18(20)24-16)23-13(11-22-15)10-21-9-12-4-6-14(27-2)7-5-12/h4-8,21-22H,3,9-11H2,1-2H3,(H3,20,24,25,26). The molecule has 28 heavy (non-hydrogen) atoms. The monoisotopic (exact) mass is 384 g/mol. The van der Waals surface area contributed by atoms with Crippen LogP contribution in [0.2, 0.25) is 0 Å². The van der Waals surface area contributed by atoms with Gasteiger partial charge in [-0.2, -0.15) is 0 Å². The molecule has 5 N–H and O–H groups in total. The minimum absolute atomic E-state index is 0.240. The SMILES string of the molecule is CCOC(=O)Nc1cc2c(c(N)n1)N=C(CNCc1ccc(OC)cc1)CN2. The first-order valence-electron chi connectivity index (χ1n) is 8.97. The summed E-state index contributed by atoms with van der Waals surface area (Å²) in [4.78, 5) is 20.3. The van der Waals surface area contributed by atoms with E-state index in [2.05, 4.69) is 25.9 Å². The summed E-state index contributed by atoms with van der Waals surface area (Å²) in [5.74, 6) is 1.39.